The third kappa shape index (κ3) is 5.40. The van der Waals surface area contributed by atoms with Gasteiger partial charge in [-0.3, -0.25) is 19.9 Å². The minimum absolute atomic E-state index is 0.0878. The number of hydrogen-bond acceptors (Lipinski definition) is 6. The van der Waals surface area contributed by atoms with Gasteiger partial charge in [0.15, 0.2) is 0 Å². The summed E-state index contributed by atoms with van der Waals surface area (Å²) >= 11 is 0. The van der Waals surface area contributed by atoms with Crippen molar-refractivity contribution < 1.29 is 14.7 Å². The second-order valence-electron chi connectivity index (χ2n) is 8.58. The number of hydrogen-bond donors (Lipinski definition) is 5. The highest BCUT2D eigenvalue weighted by Gasteiger charge is 2.33. The average molecular weight is 425 g/mol. The van der Waals surface area contributed by atoms with Crippen LogP contribution in [0, 0.1) is 23.2 Å². The highest BCUT2D eigenvalue weighted by molar-refractivity contribution is 6.00. The quantitative estimate of drug-likeness (QED) is 0.431. The Labute approximate surface area is 180 Å². The van der Waals surface area contributed by atoms with Crippen molar-refractivity contribution in [3.05, 3.63) is 30.2 Å². The molecule has 0 spiro atoms. The van der Waals surface area contributed by atoms with Gasteiger partial charge in [0.2, 0.25) is 5.91 Å². The van der Waals surface area contributed by atoms with Crippen LogP contribution in [0.3, 0.4) is 0 Å². The van der Waals surface area contributed by atoms with Gasteiger partial charge in [-0.05, 0) is 50.3 Å². The number of carbonyl (C=O) groups excluding carboxylic acids is 2. The number of amides is 2. The van der Waals surface area contributed by atoms with Crippen LogP contribution in [-0.2, 0) is 4.79 Å². The molecule has 5 N–H and O–H groups in total. The summed E-state index contributed by atoms with van der Waals surface area (Å²) in [5.41, 5.74) is 1.16. The smallest absolute Gasteiger partial charge is 0.268 e. The maximum absolute atomic E-state index is 13.0. The molecule has 164 valence electrons. The van der Waals surface area contributed by atoms with E-state index in [1.54, 1.807) is 24.5 Å². The molecule has 9 nitrogen and oxygen atoms in total. The van der Waals surface area contributed by atoms with Gasteiger partial charge < -0.3 is 20.7 Å². The summed E-state index contributed by atoms with van der Waals surface area (Å²) in [4.78, 5) is 32.9. The molecule has 1 aliphatic carbocycles. The topological polar surface area (TPSA) is 143 Å². The Kier molecular flexibility index (Phi) is 6.49. The number of carbonyl (C=O) groups is 2. The number of aliphatic hydroxyl groups excluding tert-OH is 1. The van der Waals surface area contributed by atoms with Crippen LogP contribution in [0.15, 0.2) is 24.5 Å². The number of nitrogens with zero attached hydrogens (tertiary/aromatic N) is 2. The molecule has 31 heavy (non-hydrogen) atoms. The zero-order chi connectivity index (χ0) is 21.8. The zero-order valence-corrected chi connectivity index (χ0v) is 17.3. The van der Waals surface area contributed by atoms with Gasteiger partial charge in [0.1, 0.15) is 24.0 Å². The molecule has 1 aliphatic heterocycles. The fraction of sp³-hybridized carbons (Fsp3) is 0.545. The summed E-state index contributed by atoms with van der Waals surface area (Å²) in [5, 5.41) is 29.1. The predicted octanol–water partition coefficient (Wildman–Crippen LogP) is 1.18. The fourth-order valence-electron chi connectivity index (χ4n) is 4.15. The van der Waals surface area contributed by atoms with Crippen LogP contribution >= 0.6 is 0 Å². The molecule has 0 radical (unpaired) electrons. The summed E-state index contributed by atoms with van der Waals surface area (Å²) in [6.45, 7) is 0.751. The standard InChI is InChI=1S/C22H28N6O3/c23-11-16(9-14-2-1-6-25-20(14)29)26-21(30)18(8-13-3-4-13)28-22(31)19-10-15-12-24-7-5-17(15)27-19/h5,7,10,12-14,16,18,20,25,27,29H,1-4,6,8-9H2,(H,26,30)(H,28,31)/t14-,16-,18-,20?/m0/s1. The Bertz CT molecular complexity index is 946. The molecule has 0 bridgehead atoms. The number of piperidine rings is 1. The lowest BCUT2D eigenvalue weighted by Gasteiger charge is -2.30. The first-order valence-electron chi connectivity index (χ1n) is 10.9. The highest BCUT2D eigenvalue weighted by Crippen LogP contribution is 2.33. The molecule has 4 atom stereocenters. The van der Waals surface area contributed by atoms with Gasteiger partial charge in [-0.2, -0.15) is 5.26 Å². The van der Waals surface area contributed by atoms with Crippen LogP contribution in [0.5, 0.6) is 0 Å². The summed E-state index contributed by atoms with van der Waals surface area (Å²) in [6, 6.07) is 4.19. The monoisotopic (exact) mass is 424 g/mol. The second kappa shape index (κ2) is 9.45. The van der Waals surface area contributed by atoms with Crippen molar-refractivity contribution in [2.45, 2.75) is 56.8 Å². The van der Waals surface area contributed by atoms with Crippen molar-refractivity contribution in [2.24, 2.45) is 11.8 Å². The molecule has 2 aromatic rings. The van der Waals surface area contributed by atoms with Crippen molar-refractivity contribution in [1.29, 1.82) is 5.26 Å². The molecule has 9 heteroatoms. The first kappa shape index (κ1) is 21.3. The Morgan fingerprint density at radius 2 is 2.13 bits per heavy atom. The molecule has 1 saturated heterocycles. The molecule has 4 rings (SSSR count). The van der Waals surface area contributed by atoms with E-state index in [0.29, 0.717) is 24.5 Å². The number of aromatic amines is 1. The number of pyridine rings is 1. The van der Waals surface area contributed by atoms with E-state index in [0.717, 1.165) is 43.1 Å². The molecule has 2 aromatic heterocycles. The molecule has 1 saturated carbocycles. The number of fused-ring (bicyclic) bond motifs is 1. The Morgan fingerprint density at radius 1 is 1.29 bits per heavy atom. The third-order valence-electron chi connectivity index (χ3n) is 6.12. The van der Waals surface area contributed by atoms with E-state index in [1.807, 2.05) is 0 Å². The fourth-order valence-corrected chi connectivity index (χ4v) is 4.15. The molecule has 2 fully saturated rings. The first-order valence-corrected chi connectivity index (χ1v) is 10.9. The lowest BCUT2D eigenvalue weighted by molar-refractivity contribution is -0.123. The van der Waals surface area contributed by atoms with Crippen molar-refractivity contribution in [2.75, 3.05) is 6.54 Å². The molecular formula is C22H28N6O3. The Balaban J connectivity index is 1.40. The van der Waals surface area contributed by atoms with Gasteiger partial charge in [-0.1, -0.05) is 12.8 Å². The van der Waals surface area contributed by atoms with E-state index in [1.165, 1.54) is 0 Å². The van der Waals surface area contributed by atoms with Crippen molar-refractivity contribution in [3.8, 4) is 6.07 Å². The largest absolute Gasteiger partial charge is 0.378 e. The Morgan fingerprint density at radius 3 is 2.84 bits per heavy atom. The number of nitriles is 1. The van der Waals surface area contributed by atoms with Gasteiger partial charge in [0.05, 0.1) is 6.07 Å². The predicted molar refractivity (Wildman–Crippen MR) is 114 cm³/mol. The van der Waals surface area contributed by atoms with Crippen molar-refractivity contribution in [1.82, 2.24) is 25.9 Å². The molecule has 3 heterocycles. The van der Waals surface area contributed by atoms with E-state index < -0.39 is 18.3 Å². The lowest BCUT2D eigenvalue weighted by atomic mass is 9.91. The van der Waals surface area contributed by atoms with Gasteiger partial charge in [0, 0.05) is 29.2 Å². The van der Waals surface area contributed by atoms with Gasteiger partial charge in [0.25, 0.3) is 5.91 Å². The first-order chi connectivity index (χ1) is 15.0. The molecule has 2 amide bonds. The van der Waals surface area contributed by atoms with Gasteiger partial charge >= 0.3 is 0 Å². The Hall–Kier alpha value is -2.96. The second-order valence-corrected chi connectivity index (χ2v) is 8.58. The number of aliphatic hydroxyl groups is 1. The minimum atomic E-state index is -0.718. The minimum Gasteiger partial charge on any atom is -0.378 e. The van der Waals surface area contributed by atoms with E-state index in [9.17, 15) is 20.0 Å². The van der Waals surface area contributed by atoms with Crippen LogP contribution in [0.4, 0.5) is 0 Å². The third-order valence-corrected chi connectivity index (χ3v) is 6.12. The average Bonchev–Trinajstić information content (AvgIpc) is 3.48. The van der Waals surface area contributed by atoms with Gasteiger partial charge in [-0.15, -0.1) is 0 Å². The number of nitrogens with one attached hydrogen (secondary N) is 4. The SMILES string of the molecule is N#C[C@H](C[C@@H]1CCCNC1O)NC(=O)[C@H](CC1CC1)NC(=O)c1cc2cnccc2[nH]1. The van der Waals surface area contributed by atoms with Crippen molar-refractivity contribution in [3.63, 3.8) is 0 Å². The van der Waals surface area contributed by atoms with Crippen LogP contribution < -0.4 is 16.0 Å². The summed E-state index contributed by atoms with van der Waals surface area (Å²) < 4.78 is 0. The van der Waals surface area contributed by atoms with Crippen LogP contribution in [0.2, 0.25) is 0 Å². The lowest BCUT2D eigenvalue weighted by Crippen LogP contribution is -2.51. The summed E-state index contributed by atoms with van der Waals surface area (Å²) in [7, 11) is 0. The molecule has 1 unspecified atom stereocenters. The zero-order valence-electron chi connectivity index (χ0n) is 17.3. The van der Waals surface area contributed by atoms with Gasteiger partial charge in [-0.25, -0.2) is 0 Å². The van der Waals surface area contributed by atoms with E-state index >= 15 is 0 Å². The summed E-state index contributed by atoms with van der Waals surface area (Å²) in [5.74, 6) is -0.400. The van der Waals surface area contributed by atoms with E-state index in [-0.39, 0.29) is 17.7 Å². The number of aromatic nitrogens is 2. The molecule has 0 aromatic carbocycles. The normalized spacial score (nSPS) is 23.0. The van der Waals surface area contributed by atoms with Crippen LogP contribution in [-0.4, -0.2) is 51.7 Å². The van der Waals surface area contributed by atoms with Crippen LogP contribution in [0.1, 0.15) is 49.0 Å². The highest BCUT2D eigenvalue weighted by atomic mass is 16.3. The van der Waals surface area contributed by atoms with E-state index in [4.69, 9.17) is 0 Å². The number of H-pyrrole nitrogens is 1. The van der Waals surface area contributed by atoms with Crippen LogP contribution in [0.25, 0.3) is 10.9 Å². The maximum Gasteiger partial charge on any atom is 0.268 e. The number of rotatable bonds is 8. The molecular weight excluding hydrogens is 396 g/mol. The van der Waals surface area contributed by atoms with E-state index in [2.05, 4.69) is 32.0 Å². The summed E-state index contributed by atoms with van der Waals surface area (Å²) in [6.07, 6.45) is 7.38. The molecule has 2 aliphatic rings. The van der Waals surface area contributed by atoms with Crippen molar-refractivity contribution >= 4 is 22.7 Å². The maximum atomic E-state index is 13.0.